The number of carbonyl (C=O) groups excluding carboxylic acids is 2. The molecule has 19 heavy (non-hydrogen) atoms. The zero-order valence-corrected chi connectivity index (χ0v) is 11.4. The number of hydrogen-bond donors (Lipinski definition) is 1. The quantitative estimate of drug-likeness (QED) is 0.497. The molecule has 6 heteroatoms. The summed E-state index contributed by atoms with van der Waals surface area (Å²) in [7, 11) is 2.48. The van der Waals surface area contributed by atoms with Crippen LogP contribution in [0.3, 0.4) is 0 Å². The van der Waals surface area contributed by atoms with E-state index in [1.807, 2.05) is 6.07 Å². The smallest absolute Gasteiger partial charge is 0.323 e. The monoisotopic (exact) mass is 271 g/mol. The van der Waals surface area contributed by atoms with Crippen molar-refractivity contribution in [1.82, 2.24) is 0 Å². The van der Waals surface area contributed by atoms with Crippen LogP contribution in [0.4, 0.5) is 0 Å². The maximum Gasteiger partial charge on any atom is 0.323 e. The molecule has 0 amide bonds. The van der Waals surface area contributed by atoms with Gasteiger partial charge in [0.05, 0.1) is 26.7 Å². The van der Waals surface area contributed by atoms with Crippen LogP contribution < -0.4 is 0 Å². The molecule has 6 nitrogen and oxygen atoms in total. The highest BCUT2D eigenvalue weighted by atomic mass is 16.5. The Morgan fingerprint density at radius 2 is 1.89 bits per heavy atom. The van der Waals surface area contributed by atoms with Gasteiger partial charge in [0.1, 0.15) is 5.92 Å². The van der Waals surface area contributed by atoms with E-state index in [0.29, 0.717) is 12.8 Å². The predicted octanol–water partition coefficient (Wildman–Crippen LogP) is 1.03. The third-order valence-corrected chi connectivity index (χ3v) is 2.96. The number of esters is 2. The number of nitrogens with zero attached hydrogens (tertiary/aromatic N) is 1. The third-order valence-electron chi connectivity index (χ3n) is 2.96. The summed E-state index contributed by atoms with van der Waals surface area (Å²) in [5, 5.41) is 17.7. The van der Waals surface area contributed by atoms with Crippen LogP contribution in [-0.2, 0) is 19.1 Å². The van der Waals surface area contributed by atoms with Gasteiger partial charge in [-0.25, -0.2) is 0 Å². The maximum absolute atomic E-state index is 11.5. The number of ether oxygens (including phenoxy) is 2. The van der Waals surface area contributed by atoms with E-state index in [9.17, 15) is 9.59 Å². The number of aliphatic hydroxyl groups excluding tert-OH is 1. The fourth-order valence-electron chi connectivity index (χ4n) is 1.86. The summed E-state index contributed by atoms with van der Waals surface area (Å²) in [5.74, 6) is -2.45. The van der Waals surface area contributed by atoms with Crippen LogP contribution in [0.15, 0.2) is 0 Å². The molecule has 0 saturated carbocycles. The standard InChI is InChI=1S/C13H21NO5/c1-18-12(16)8-10(6-4-3-5-7-15)11(9-14)13(17)19-2/h10-11,15H,3-8H2,1-2H3/t10-,11?/m0/s1. The van der Waals surface area contributed by atoms with Crippen molar-refractivity contribution in [3.05, 3.63) is 0 Å². The lowest BCUT2D eigenvalue weighted by Crippen LogP contribution is -2.26. The van der Waals surface area contributed by atoms with E-state index in [-0.39, 0.29) is 13.0 Å². The van der Waals surface area contributed by atoms with Crippen molar-refractivity contribution in [3.63, 3.8) is 0 Å². The highest BCUT2D eigenvalue weighted by Crippen LogP contribution is 2.24. The van der Waals surface area contributed by atoms with Gasteiger partial charge in [-0.15, -0.1) is 0 Å². The highest BCUT2D eigenvalue weighted by molar-refractivity contribution is 5.77. The molecule has 0 aliphatic heterocycles. The molecule has 0 bridgehead atoms. The average Bonchev–Trinajstić information content (AvgIpc) is 2.43. The fraction of sp³-hybridized carbons (Fsp3) is 0.769. The van der Waals surface area contributed by atoms with Crippen LogP contribution in [0.25, 0.3) is 0 Å². The Morgan fingerprint density at radius 1 is 1.21 bits per heavy atom. The minimum absolute atomic E-state index is 0.0168. The van der Waals surface area contributed by atoms with Crippen molar-refractivity contribution < 1.29 is 24.2 Å². The number of aliphatic hydroxyl groups is 1. The van der Waals surface area contributed by atoms with E-state index in [1.54, 1.807) is 0 Å². The van der Waals surface area contributed by atoms with Gasteiger partial charge in [0.25, 0.3) is 0 Å². The minimum Gasteiger partial charge on any atom is -0.469 e. The van der Waals surface area contributed by atoms with Gasteiger partial charge in [-0.05, 0) is 18.8 Å². The Hall–Kier alpha value is -1.61. The molecule has 1 N–H and O–H groups in total. The van der Waals surface area contributed by atoms with Gasteiger partial charge in [-0.2, -0.15) is 5.26 Å². The summed E-state index contributed by atoms with van der Waals surface area (Å²) in [5.41, 5.74) is 0. The van der Waals surface area contributed by atoms with Crippen LogP contribution in [-0.4, -0.2) is 37.9 Å². The topological polar surface area (TPSA) is 96.6 Å². The van der Waals surface area contributed by atoms with Crippen LogP contribution in [0.5, 0.6) is 0 Å². The molecule has 0 aromatic rings. The minimum atomic E-state index is -0.960. The average molecular weight is 271 g/mol. The number of nitriles is 1. The van der Waals surface area contributed by atoms with Crippen LogP contribution >= 0.6 is 0 Å². The van der Waals surface area contributed by atoms with Gasteiger partial charge in [-0.3, -0.25) is 9.59 Å². The molecule has 0 aliphatic rings. The number of carbonyl (C=O) groups is 2. The molecule has 0 saturated heterocycles. The molecule has 108 valence electrons. The highest BCUT2D eigenvalue weighted by Gasteiger charge is 2.30. The maximum atomic E-state index is 11.5. The number of rotatable bonds is 9. The first kappa shape index (κ1) is 17.4. The molecule has 0 heterocycles. The van der Waals surface area contributed by atoms with Gasteiger partial charge in [0.2, 0.25) is 0 Å². The van der Waals surface area contributed by atoms with Crippen molar-refractivity contribution in [1.29, 1.82) is 5.26 Å². The molecule has 0 aromatic carbocycles. The second-order valence-corrected chi connectivity index (χ2v) is 4.24. The van der Waals surface area contributed by atoms with Crippen molar-refractivity contribution in [2.75, 3.05) is 20.8 Å². The Balaban J connectivity index is 4.59. The first-order valence-electron chi connectivity index (χ1n) is 6.25. The second kappa shape index (κ2) is 10.3. The van der Waals surface area contributed by atoms with Gasteiger partial charge in [0.15, 0.2) is 0 Å². The molecule has 0 fully saturated rings. The Morgan fingerprint density at radius 3 is 2.37 bits per heavy atom. The van der Waals surface area contributed by atoms with Gasteiger partial charge in [0, 0.05) is 6.61 Å². The molecule has 0 aliphatic carbocycles. The summed E-state index contributed by atoms with van der Waals surface area (Å²) >= 11 is 0. The number of methoxy groups -OCH3 is 2. The summed E-state index contributed by atoms with van der Waals surface area (Å²) in [6.07, 6.45) is 2.75. The Labute approximate surface area is 113 Å². The SMILES string of the molecule is COC(=O)C[C@H](CCCCCO)C(C#N)C(=O)OC. The predicted molar refractivity (Wildman–Crippen MR) is 66.8 cm³/mol. The molecule has 0 spiro atoms. The zero-order chi connectivity index (χ0) is 14.7. The van der Waals surface area contributed by atoms with Crippen molar-refractivity contribution in [2.45, 2.75) is 32.1 Å². The van der Waals surface area contributed by atoms with Crippen molar-refractivity contribution >= 4 is 11.9 Å². The molecular weight excluding hydrogens is 250 g/mol. The van der Waals surface area contributed by atoms with E-state index in [1.165, 1.54) is 14.2 Å². The Bertz CT molecular complexity index is 323. The first-order chi connectivity index (χ1) is 9.10. The van der Waals surface area contributed by atoms with E-state index < -0.39 is 23.8 Å². The molecule has 1 unspecified atom stereocenters. The van der Waals surface area contributed by atoms with E-state index in [0.717, 1.165) is 12.8 Å². The molecule has 2 atom stereocenters. The Kier molecular flexibility index (Phi) is 9.45. The fourth-order valence-corrected chi connectivity index (χ4v) is 1.86. The second-order valence-electron chi connectivity index (χ2n) is 4.24. The van der Waals surface area contributed by atoms with Crippen LogP contribution in [0.1, 0.15) is 32.1 Å². The first-order valence-corrected chi connectivity index (χ1v) is 6.25. The van der Waals surface area contributed by atoms with Crippen LogP contribution in [0.2, 0.25) is 0 Å². The summed E-state index contributed by atoms with van der Waals surface area (Å²) in [4.78, 5) is 22.8. The number of hydrogen-bond acceptors (Lipinski definition) is 6. The molecule has 0 aromatic heterocycles. The number of unbranched alkanes of at least 4 members (excludes halogenated alkanes) is 2. The molecule has 0 rings (SSSR count). The summed E-state index contributed by atoms with van der Waals surface area (Å²) in [6, 6.07) is 1.89. The van der Waals surface area contributed by atoms with Gasteiger partial charge >= 0.3 is 11.9 Å². The van der Waals surface area contributed by atoms with E-state index in [4.69, 9.17) is 10.4 Å². The zero-order valence-electron chi connectivity index (χ0n) is 11.4. The lowest BCUT2D eigenvalue weighted by molar-refractivity contribution is -0.147. The summed E-state index contributed by atoms with van der Waals surface area (Å²) < 4.78 is 9.15. The van der Waals surface area contributed by atoms with Crippen molar-refractivity contribution in [2.24, 2.45) is 11.8 Å². The normalized spacial score (nSPS) is 13.2. The van der Waals surface area contributed by atoms with Crippen LogP contribution in [0, 0.1) is 23.2 Å². The lowest BCUT2D eigenvalue weighted by atomic mass is 9.86. The van der Waals surface area contributed by atoms with Gasteiger partial charge in [-0.1, -0.05) is 12.8 Å². The molecular formula is C13H21NO5. The lowest BCUT2D eigenvalue weighted by Gasteiger charge is -2.19. The van der Waals surface area contributed by atoms with Gasteiger partial charge < -0.3 is 14.6 Å². The van der Waals surface area contributed by atoms with E-state index >= 15 is 0 Å². The summed E-state index contributed by atoms with van der Waals surface area (Å²) in [6.45, 7) is 0.111. The third kappa shape index (κ3) is 6.77. The largest absolute Gasteiger partial charge is 0.469 e. The van der Waals surface area contributed by atoms with E-state index in [2.05, 4.69) is 9.47 Å². The van der Waals surface area contributed by atoms with Crippen molar-refractivity contribution in [3.8, 4) is 6.07 Å². The molecule has 0 radical (unpaired) electrons.